The van der Waals surface area contributed by atoms with Crippen LogP contribution < -0.4 is 0 Å². The van der Waals surface area contributed by atoms with Crippen molar-refractivity contribution in [2.75, 3.05) is 13.2 Å². The van der Waals surface area contributed by atoms with Crippen LogP contribution in [0.5, 0.6) is 0 Å². The summed E-state index contributed by atoms with van der Waals surface area (Å²) in [5.41, 5.74) is 0. The summed E-state index contributed by atoms with van der Waals surface area (Å²) in [6.45, 7) is 7.30. The molecule has 0 fully saturated rings. The van der Waals surface area contributed by atoms with Gasteiger partial charge in [0, 0.05) is 0 Å². The molecule has 0 heterocycles. The van der Waals surface area contributed by atoms with Crippen molar-refractivity contribution in [2.24, 2.45) is 0 Å². The molecular weight excluding hydrogens is 148 g/mol. The van der Waals surface area contributed by atoms with Gasteiger partial charge in [0.05, 0.1) is 13.2 Å². The van der Waals surface area contributed by atoms with E-state index in [1.807, 2.05) is 0 Å². The maximum absolute atomic E-state index is 10.6. The van der Waals surface area contributed by atoms with Crippen molar-refractivity contribution < 1.29 is 13.3 Å². The molecule has 0 atom stereocenters. The van der Waals surface area contributed by atoms with Gasteiger partial charge in [-0.05, 0) is 0 Å². The van der Waals surface area contributed by atoms with Gasteiger partial charge < -0.3 is 8.85 Å². The van der Waals surface area contributed by atoms with Crippen LogP contribution in [0, 0.1) is 0 Å². The molecule has 0 aromatic heterocycles. The van der Waals surface area contributed by atoms with E-state index in [0.29, 0.717) is 0 Å². The maximum Gasteiger partial charge on any atom is 0.767 e. The van der Waals surface area contributed by atoms with Crippen molar-refractivity contribution in [1.82, 2.24) is 0 Å². The second-order valence-corrected chi connectivity index (χ2v) is 2.53. The van der Waals surface area contributed by atoms with E-state index in [4.69, 9.17) is 0 Å². The highest BCUT2D eigenvalue weighted by Gasteiger charge is 2.06. The van der Waals surface area contributed by atoms with Crippen LogP contribution >= 0.6 is 0 Å². The first kappa shape index (κ1) is 9.10. The summed E-state index contributed by atoms with van der Waals surface area (Å²) in [6.07, 6.45) is 3.03. The first-order valence-electron chi connectivity index (χ1n) is 2.82. The molecule has 0 unspecified atom stereocenters. The standard InChI is InChI=1S/C6H10O3Si/c1-3-5-8-10(7)9-6-4-2/h3-4H,1-2,5-6H2. The fraction of sp³-hybridized carbons (Fsp3) is 0.333. The van der Waals surface area contributed by atoms with Gasteiger partial charge in [0.2, 0.25) is 0 Å². The normalized spacial score (nSPS) is 8.00. The molecule has 0 bridgehead atoms. The van der Waals surface area contributed by atoms with Crippen LogP contribution in [-0.2, 0) is 13.3 Å². The highest BCUT2D eigenvalue weighted by Crippen LogP contribution is 1.79. The Balaban J connectivity index is 3.24. The van der Waals surface area contributed by atoms with E-state index in [1.165, 1.54) is 12.2 Å². The molecule has 0 saturated carbocycles. The minimum atomic E-state index is -2.31. The average molecular weight is 158 g/mol. The number of hydrogen-bond acceptors (Lipinski definition) is 3. The average Bonchev–Trinajstić information content (AvgIpc) is 1.97. The fourth-order valence-electron chi connectivity index (χ4n) is 0.296. The lowest BCUT2D eigenvalue weighted by atomic mass is 10.7. The summed E-state index contributed by atoms with van der Waals surface area (Å²) in [7, 11) is -2.31. The SMILES string of the molecule is C=CCO[Si](=O)OCC=C. The molecule has 0 aliphatic carbocycles. The molecule has 10 heavy (non-hydrogen) atoms. The topological polar surface area (TPSA) is 35.5 Å². The molecule has 0 saturated heterocycles. The Hall–Kier alpha value is -0.903. The van der Waals surface area contributed by atoms with Crippen molar-refractivity contribution in [3.63, 3.8) is 0 Å². The van der Waals surface area contributed by atoms with E-state index in [2.05, 4.69) is 22.0 Å². The van der Waals surface area contributed by atoms with E-state index in [9.17, 15) is 4.46 Å². The summed E-state index contributed by atoms with van der Waals surface area (Å²) >= 11 is 0. The van der Waals surface area contributed by atoms with E-state index < -0.39 is 9.17 Å². The first-order valence-corrected chi connectivity index (χ1v) is 4.05. The van der Waals surface area contributed by atoms with E-state index >= 15 is 0 Å². The van der Waals surface area contributed by atoms with Gasteiger partial charge in [-0.15, -0.1) is 0 Å². The molecule has 3 nitrogen and oxygen atoms in total. The smallest absolute Gasteiger partial charge is 0.493 e. The molecule has 0 rings (SSSR count). The van der Waals surface area contributed by atoms with Gasteiger partial charge in [0.25, 0.3) is 0 Å². The predicted molar refractivity (Wildman–Crippen MR) is 38.7 cm³/mol. The summed E-state index contributed by atoms with van der Waals surface area (Å²) < 4.78 is 19.9. The Morgan fingerprint density at radius 1 is 1.20 bits per heavy atom. The van der Waals surface area contributed by atoms with Gasteiger partial charge >= 0.3 is 9.17 Å². The largest absolute Gasteiger partial charge is 0.767 e. The van der Waals surface area contributed by atoms with Gasteiger partial charge in [-0.1, -0.05) is 25.3 Å². The van der Waals surface area contributed by atoms with Gasteiger partial charge in [-0.25, -0.2) is 0 Å². The van der Waals surface area contributed by atoms with Crippen LogP contribution in [0.4, 0.5) is 0 Å². The highest BCUT2D eigenvalue weighted by atomic mass is 28.3. The van der Waals surface area contributed by atoms with Crippen LogP contribution in [0.1, 0.15) is 0 Å². The lowest BCUT2D eigenvalue weighted by molar-refractivity contribution is 0.199. The number of hydrogen-bond donors (Lipinski definition) is 0. The van der Waals surface area contributed by atoms with Crippen molar-refractivity contribution in [3.05, 3.63) is 25.3 Å². The maximum atomic E-state index is 10.6. The van der Waals surface area contributed by atoms with Gasteiger partial charge in [-0.2, -0.15) is 0 Å². The molecule has 0 amide bonds. The highest BCUT2D eigenvalue weighted by molar-refractivity contribution is 6.26. The third kappa shape index (κ3) is 5.24. The van der Waals surface area contributed by atoms with Crippen LogP contribution in [0.2, 0.25) is 0 Å². The molecule has 0 spiro atoms. The van der Waals surface area contributed by atoms with Crippen molar-refractivity contribution in [1.29, 1.82) is 0 Å². The summed E-state index contributed by atoms with van der Waals surface area (Å²) in [5, 5.41) is 0. The first-order chi connectivity index (χ1) is 4.81. The Bertz CT molecular complexity index is 119. The molecule has 0 aliphatic heterocycles. The zero-order chi connectivity index (χ0) is 7.82. The minimum Gasteiger partial charge on any atom is -0.493 e. The minimum absolute atomic E-state index is 0.259. The van der Waals surface area contributed by atoms with Crippen molar-refractivity contribution >= 4 is 9.17 Å². The van der Waals surface area contributed by atoms with Gasteiger partial charge in [-0.3, -0.25) is 4.46 Å². The summed E-state index contributed by atoms with van der Waals surface area (Å²) in [4.78, 5) is 0. The quantitative estimate of drug-likeness (QED) is 0.424. The molecule has 0 aliphatic rings. The van der Waals surface area contributed by atoms with Crippen LogP contribution in [0.15, 0.2) is 25.3 Å². The van der Waals surface area contributed by atoms with Gasteiger partial charge in [0.1, 0.15) is 0 Å². The predicted octanol–water partition coefficient (Wildman–Crippen LogP) is 0.807. The summed E-state index contributed by atoms with van der Waals surface area (Å²) in [6, 6.07) is 0. The molecule has 0 aromatic carbocycles. The Morgan fingerprint density at radius 3 is 1.90 bits per heavy atom. The zero-order valence-electron chi connectivity index (χ0n) is 5.71. The molecule has 0 radical (unpaired) electrons. The van der Waals surface area contributed by atoms with E-state index in [0.717, 1.165) is 0 Å². The van der Waals surface area contributed by atoms with Crippen molar-refractivity contribution in [2.45, 2.75) is 0 Å². The Labute approximate surface area is 61.9 Å². The van der Waals surface area contributed by atoms with Crippen LogP contribution in [-0.4, -0.2) is 22.4 Å². The monoisotopic (exact) mass is 158 g/mol. The molecule has 0 aromatic rings. The lowest BCUT2D eigenvalue weighted by Crippen LogP contribution is -2.12. The second kappa shape index (κ2) is 6.22. The molecule has 4 heteroatoms. The molecule has 56 valence electrons. The molecule has 0 N–H and O–H groups in total. The third-order valence-corrected chi connectivity index (χ3v) is 1.44. The van der Waals surface area contributed by atoms with Crippen molar-refractivity contribution in [3.8, 4) is 0 Å². The lowest BCUT2D eigenvalue weighted by Gasteiger charge is -1.98. The Kier molecular flexibility index (Phi) is 5.66. The summed E-state index contributed by atoms with van der Waals surface area (Å²) in [5.74, 6) is 0. The van der Waals surface area contributed by atoms with Crippen LogP contribution in [0.3, 0.4) is 0 Å². The van der Waals surface area contributed by atoms with E-state index in [-0.39, 0.29) is 13.2 Å². The Morgan fingerprint density at radius 2 is 1.60 bits per heavy atom. The van der Waals surface area contributed by atoms with Gasteiger partial charge in [0.15, 0.2) is 0 Å². The number of rotatable bonds is 6. The third-order valence-electron chi connectivity index (χ3n) is 0.638. The van der Waals surface area contributed by atoms with Crippen LogP contribution in [0.25, 0.3) is 0 Å². The van der Waals surface area contributed by atoms with E-state index in [1.54, 1.807) is 0 Å². The fourth-order valence-corrected chi connectivity index (χ4v) is 0.887. The molecular formula is C6H10O3Si. The zero-order valence-corrected chi connectivity index (χ0v) is 6.71. The second-order valence-electron chi connectivity index (χ2n) is 1.45.